The normalized spacial score (nSPS) is 17.8. The molecule has 11 heteroatoms. The molecule has 3 unspecified atom stereocenters. The van der Waals surface area contributed by atoms with E-state index in [0.717, 1.165) is 11.1 Å². The molecule has 3 amide bonds. The van der Waals surface area contributed by atoms with Gasteiger partial charge in [0.1, 0.15) is 17.4 Å². The average molecular weight is 585 g/mol. The molecular weight excluding hydrogens is 552 g/mol. The summed E-state index contributed by atoms with van der Waals surface area (Å²) in [4.78, 5) is 41.8. The van der Waals surface area contributed by atoms with Gasteiger partial charge in [-0.25, -0.2) is 0 Å². The zero-order chi connectivity index (χ0) is 29.0. The molecule has 1 aliphatic heterocycles. The zero-order valence-electron chi connectivity index (χ0n) is 22.8. The number of amides is 3. The molecule has 3 aromatic rings. The fourth-order valence-electron chi connectivity index (χ4n) is 4.83. The van der Waals surface area contributed by atoms with Crippen molar-refractivity contribution >= 4 is 41.1 Å². The average Bonchev–Trinajstić information content (AvgIpc) is 3.44. The van der Waals surface area contributed by atoms with Gasteiger partial charge in [-0.05, 0) is 51.3 Å². The summed E-state index contributed by atoms with van der Waals surface area (Å²) in [6.07, 6.45) is -1.42. The summed E-state index contributed by atoms with van der Waals surface area (Å²) in [5, 5.41) is 21.5. The van der Waals surface area contributed by atoms with Crippen molar-refractivity contribution in [1.29, 1.82) is 0 Å². The number of nitrogens with one attached hydrogen (secondary N) is 2. The van der Waals surface area contributed by atoms with Gasteiger partial charge in [0.2, 0.25) is 5.91 Å². The van der Waals surface area contributed by atoms with Crippen LogP contribution in [0.5, 0.6) is 0 Å². The number of hydrogen-bond donors (Lipinski definition) is 3. The second kappa shape index (κ2) is 12.4. The number of aryl methyl sites for hydroxylation is 2. The van der Waals surface area contributed by atoms with Crippen molar-refractivity contribution in [3.8, 4) is 0 Å². The second-order valence-corrected chi connectivity index (χ2v) is 12.3. The van der Waals surface area contributed by atoms with Crippen molar-refractivity contribution in [2.24, 2.45) is 0 Å². The maximum Gasteiger partial charge on any atom is 0.257 e. The first kappa shape index (κ1) is 29.6. The van der Waals surface area contributed by atoms with Crippen LogP contribution in [0.4, 0.5) is 0 Å². The Balaban J connectivity index is 1.55. The molecule has 1 aromatic heterocycles. The lowest BCUT2D eigenvalue weighted by Crippen LogP contribution is -2.58. The van der Waals surface area contributed by atoms with Gasteiger partial charge in [-0.2, -0.15) is 0 Å². The fraction of sp³-hybridized carbons (Fsp3) is 0.379. The van der Waals surface area contributed by atoms with E-state index >= 15 is 0 Å². The summed E-state index contributed by atoms with van der Waals surface area (Å²) in [6.45, 7) is 7.24. The van der Waals surface area contributed by atoms with Crippen molar-refractivity contribution in [3.63, 3.8) is 0 Å². The van der Waals surface area contributed by atoms with Crippen LogP contribution >= 0.6 is 23.4 Å². The Bertz CT molecular complexity index is 1360. The number of rotatable bonds is 9. The van der Waals surface area contributed by atoms with Gasteiger partial charge < -0.3 is 25.2 Å². The van der Waals surface area contributed by atoms with E-state index in [1.165, 1.54) is 16.7 Å². The molecule has 4 rings (SSSR count). The van der Waals surface area contributed by atoms with Crippen molar-refractivity contribution in [3.05, 3.63) is 87.8 Å². The third-order valence-electron chi connectivity index (χ3n) is 7.00. The smallest absolute Gasteiger partial charge is 0.257 e. The van der Waals surface area contributed by atoms with Gasteiger partial charge in [-0.3, -0.25) is 14.4 Å². The van der Waals surface area contributed by atoms with Crippen molar-refractivity contribution in [2.75, 3.05) is 5.88 Å². The lowest BCUT2D eigenvalue weighted by atomic mass is 9.96. The lowest BCUT2D eigenvalue weighted by Gasteiger charge is -2.33. The van der Waals surface area contributed by atoms with E-state index in [1.54, 1.807) is 19.9 Å². The minimum absolute atomic E-state index is 0.191. The number of aliphatic hydroxyl groups excluding tert-OH is 1. The summed E-state index contributed by atoms with van der Waals surface area (Å²) in [7, 11) is 0. The molecular formula is C29H33ClN4O5S. The summed E-state index contributed by atoms with van der Waals surface area (Å²) < 4.78 is 4.51. The number of benzene rings is 2. The molecule has 0 aliphatic carbocycles. The third-order valence-corrected chi connectivity index (χ3v) is 8.74. The first-order valence-electron chi connectivity index (χ1n) is 12.9. The van der Waals surface area contributed by atoms with Crippen LogP contribution in [-0.4, -0.2) is 61.7 Å². The van der Waals surface area contributed by atoms with E-state index in [9.17, 15) is 19.5 Å². The highest BCUT2D eigenvalue weighted by atomic mass is 35.5. The predicted molar refractivity (Wildman–Crippen MR) is 154 cm³/mol. The molecule has 3 atom stereocenters. The molecule has 3 N–H and O–H groups in total. The zero-order valence-corrected chi connectivity index (χ0v) is 24.4. The Morgan fingerprint density at radius 1 is 1.15 bits per heavy atom. The molecule has 1 fully saturated rings. The summed E-state index contributed by atoms with van der Waals surface area (Å²) in [5.41, 5.74) is 2.24. The highest BCUT2D eigenvalue weighted by molar-refractivity contribution is 8.00. The number of nitrogens with zero attached hydrogens (tertiary/aromatic N) is 2. The summed E-state index contributed by atoms with van der Waals surface area (Å²) in [5.74, 6) is -0.953. The lowest BCUT2D eigenvalue weighted by molar-refractivity contribution is -0.147. The Morgan fingerprint density at radius 2 is 1.82 bits per heavy atom. The number of halogens is 1. The topological polar surface area (TPSA) is 125 Å². The van der Waals surface area contributed by atoms with Gasteiger partial charge in [0.25, 0.3) is 11.8 Å². The van der Waals surface area contributed by atoms with E-state index in [0.29, 0.717) is 16.5 Å². The molecule has 2 aromatic carbocycles. The molecule has 0 saturated carbocycles. The molecule has 2 heterocycles. The van der Waals surface area contributed by atoms with Crippen LogP contribution in [0.25, 0.3) is 0 Å². The van der Waals surface area contributed by atoms with Gasteiger partial charge in [0.15, 0.2) is 6.10 Å². The Kier molecular flexibility index (Phi) is 9.22. The first-order valence-corrected chi connectivity index (χ1v) is 14.3. The monoisotopic (exact) mass is 584 g/mol. The number of hydrogen-bond acceptors (Lipinski definition) is 7. The van der Waals surface area contributed by atoms with Gasteiger partial charge in [-0.15, -0.1) is 11.8 Å². The second-order valence-electron chi connectivity index (χ2n) is 10.3. The van der Waals surface area contributed by atoms with Gasteiger partial charge >= 0.3 is 0 Å². The molecule has 212 valence electrons. The van der Waals surface area contributed by atoms with E-state index in [1.807, 2.05) is 62.4 Å². The van der Waals surface area contributed by atoms with E-state index in [2.05, 4.69) is 15.8 Å². The van der Waals surface area contributed by atoms with Gasteiger partial charge in [0.05, 0.1) is 17.6 Å². The van der Waals surface area contributed by atoms with Crippen molar-refractivity contribution in [1.82, 2.24) is 20.7 Å². The van der Waals surface area contributed by atoms with Crippen molar-refractivity contribution in [2.45, 2.75) is 63.6 Å². The van der Waals surface area contributed by atoms with Gasteiger partial charge in [-0.1, -0.05) is 65.3 Å². The van der Waals surface area contributed by atoms with E-state index in [-0.39, 0.29) is 30.3 Å². The standard InChI is InChI=1S/C29H33ClN4O5S/c1-17-23(18(2)39-33-17)26(36)32-22(14-19-10-6-5-7-11-19)24(35)28(38)34-16-40-29(3,4)25(34)27(37)31-15-20-12-8-9-13-21(20)30/h5-13,22,24-25,35H,14-16H2,1-4H3,(H,31,37)(H,32,36). The first-order chi connectivity index (χ1) is 19.0. The van der Waals surface area contributed by atoms with Crippen LogP contribution in [0.15, 0.2) is 59.1 Å². The molecule has 0 bridgehead atoms. The van der Waals surface area contributed by atoms with E-state index in [4.69, 9.17) is 16.1 Å². The number of thioether (sulfide) groups is 1. The van der Waals surface area contributed by atoms with Crippen LogP contribution in [0.1, 0.15) is 46.8 Å². The molecule has 0 radical (unpaired) electrons. The molecule has 1 saturated heterocycles. The predicted octanol–water partition coefficient (Wildman–Crippen LogP) is 3.64. The third kappa shape index (κ3) is 6.51. The highest BCUT2D eigenvalue weighted by Crippen LogP contribution is 2.40. The molecule has 9 nitrogen and oxygen atoms in total. The Morgan fingerprint density at radius 3 is 2.48 bits per heavy atom. The van der Waals surface area contributed by atoms with Crippen LogP contribution in [-0.2, 0) is 22.6 Å². The Hall–Kier alpha value is -3.34. The van der Waals surface area contributed by atoms with Gasteiger partial charge in [0, 0.05) is 16.3 Å². The number of aromatic nitrogens is 1. The number of carbonyl (C=O) groups is 3. The minimum atomic E-state index is -1.61. The van der Waals surface area contributed by atoms with Crippen LogP contribution in [0.3, 0.4) is 0 Å². The Labute approximate surface area is 242 Å². The summed E-state index contributed by atoms with van der Waals surface area (Å²) >= 11 is 7.69. The molecule has 40 heavy (non-hydrogen) atoms. The SMILES string of the molecule is Cc1noc(C)c1C(=O)NC(Cc1ccccc1)C(O)C(=O)N1CSC(C)(C)C1C(=O)NCc1ccccc1Cl. The maximum atomic E-state index is 13.8. The van der Waals surface area contributed by atoms with E-state index < -0.39 is 34.7 Å². The largest absolute Gasteiger partial charge is 0.381 e. The number of carbonyl (C=O) groups excluding carboxylic acids is 3. The molecule has 0 spiro atoms. The minimum Gasteiger partial charge on any atom is -0.381 e. The van der Waals surface area contributed by atoms with Crippen molar-refractivity contribution < 1.29 is 24.0 Å². The van der Waals surface area contributed by atoms with Crippen LogP contribution < -0.4 is 10.6 Å². The molecule has 1 aliphatic rings. The summed E-state index contributed by atoms with van der Waals surface area (Å²) in [6, 6.07) is 14.6. The van der Waals surface area contributed by atoms with Crippen LogP contribution in [0, 0.1) is 13.8 Å². The number of aliphatic hydroxyl groups is 1. The quantitative estimate of drug-likeness (QED) is 0.351. The highest BCUT2D eigenvalue weighted by Gasteiger charge is 2.49. The maximum absolute atomic E-state index is 13.8. The van der Waals surface area contributed by atoms with Crippen LogP contribution in [0.2, 0.25) is 5.02 Å². The fourth-order valence-corrected chi connectivity index (χ4v) is 6.18.